The lowest BCUT2D eigenvalue weighted by molar-refractivity contribution is -0.143. The Morgan fingerprint density at radius 1 is 1.34 bits per heavy atom. The fourth-order valence-electron chi connectivity index (χ4n) is 3.84. The van der Waals surface area contributed by atoms with Gasteiger partial charge < -0.3 is 15.2 Å². The quantitative estimate of drug-likeness (QED) is 0.519. The highest BCUT2D eigenvalue weighted by molar-refractivity contribution is 7.09. The Hall–Kier alpha value is -3.08. The van der Waals surface area contributed by atoms with E-state index in [-0.39, 0.29) is 12.0 Å². The number of ether oxygens (including phenoxy) is 1. The van der Waals surface area contributed by atoms with Crippen molar-refractivity contribution >= 4 is 28.5 Å². The van der Waals surface area contributed by atoms with Crippen molar-refractivity contribution in [1.29, 1.82) is 0 Å². The van der Waals surface area contributed by atoms with Gasteiger partial charge in [0.2, 0.25) is 5.13 Å². The number of hydrogen-bond acceptors (Lipinski definition) is 9. The van der Waals surface area contributed by atoms with Crippen LogP contribution < -0.4 is 10.1 Å². The van der Waals surface area contributed by atoms with Gasteiger partial charge in [0.1, 0.15) is 11.6 Å². The van der Waals surface area contributed by atoms with Gasteiger partial charge in [-0.3, -0.25) is 9.48 Å². The van der Waals surface area contributed by atoms with Crippen LogP contribution in [-0.4, -0.2) is 46.3 Å². The maximum absolute atomic E-state index is 11.3. The van der Waals surface area contributed by atoms with Crippen molar-refractivity contribution in [1.82, 2.24) is 29.1 Å². The van der Waals surface area contributed by atoms with E-state index < -0.39 is 5.97 Å². The second-order valence-corrected chi connectivity index (χ2v) is 8.76. The molecule has 170 valence electrons. The monoisotopic (exact) mass is 457 g/mol. The predicted molar refractivity (Wildman–Crippen MR) is 120 cm³/mol. The predicted octanol–water partition coefficient (Wildman–Crippen LogP) is 3.76. The number of carbonyl (C=O) groups is 1. The Kier molecular flexibility index (Phi) is 6.63. The number of carboxylic acid groups (broad SMARTS) is 1. The van der Waals surface area contributed by atoms with Crippen molar-refractivity contribution in [2.75, 3.05) is 5.32 Å². The lowest BCUT2D eigenvalue weighted by Crippen LogP contribution is -2.29. The summed E-state index contributed by atoms with van der Waals surface area (Å²) in [6.07, 6.45) is 7.96. The molecular weight excluding hydrogens is 430 g/mol. The van der Waals surface area contributed by atoms with Gasteiger partial charge in [0, 0.05) is 25.0 Å². The maximum atomic E-state index is 11.3. The first-order valence-electron chi connectivity index (χ1n) is 10.8. The van der Waals surface area contributed by atoms with E-state index in [0.29, 0.717) is 35.2 Å². The molecule has 3 aromatic rings. The van der Waals surface area contributed by atoms with Crippen LogP contribution in [-0.2, 0) is 18.3 Å². The molecule has 0 unspecified atom stereocenters. The Balaban J connectivity index is 1.51. The van der Waals surface area contributed by atoms with Gasteiger partial charge in [-0.15, -0.1) is 0 Å². The second-order valence-electron chi connectivity index (χ2n) is 8.01. The number of aromatic nitrogens is 6. The van der Waals surface area contributed by atoms with E-state index in [9.17, 15) is 9.90 Å². The smallest absolute Gasteiger partial charge is 0.306 e. The summed E-state index contributed by atoms with van der Waals surface area (Å²) in [6.45, 7) is 3.96. The molecule has 2 atom stereocenters. The van der Waals surface area contributed by atoms with Crippen LogP contribution in [0.15, 0.2) is 12.4 Å². The minimum atomic E-state index is -0.754. The van der Waals surface area contributed by atoms with Crippen LogP contribution >= 0.6 is 11.5 Å². The molecule has 32 heavy (non-hydrogen) atoms. The number of rotatable bonds is 8. The van der Waals surface area contributed by atoms with Crippen LogP contribution in [0.1, 0.15) is 50.5 Å². The number of aliphatic carboxylic acids is 1. The van der Waals surface area contributed by atoms with E-state index in [1.54, 1.807) is 17.1 Å². The second kappa shape index (κ2) is 9.60. The topological polar surface area (TPSA) is 128 Å². The van der Waals surface area contributed by atoms with E-state index >= 15 is 0 Å². The van der Waals surface area contributed by atoms with Crippen LogP contribution in [0.25, 0.3) is 11.4 Å². The van der Waals surface area contributed by atoms with Gasteiger partial charge in [-0.2, -0.15) is 9.47 Å². The Morgan fingerprint density at radius 2 is 2.19 bits per heavy atom. The summed E-state index contributed by atoms with van der Waals surface area (Å²) >= 11 is 1.31. The van der Waals surface area contributed by atoms with Crippen molar-refractivity contribution in [2.45, 2.75) is 58.5 Å². The molecule has 3 heterocycles. The normalized spacial score (nSPS) is 18.5. The van der Waals surface area contributed by atoms with Gasteiger partial charge >= 0.3 is 5.97 Å². The third-order valence-corrected chi connectivity index (χ3v) is 6.22. The molecular formula is C21H27N7O3S. The Morgan fingerprint density at radius 3 is 2.94 bits per heavy atom. The standard InChI is InChI=1S/C21H27N7O3S/c1-4-6-17-25-21(32-27-17)26-19-15(10-23-28(19)3)18-22-11-16(12(2)24-18)31-14-8-5-7-13(9-14)20(29)30/h10-11,13-14H,4-9H2,1-3H3,(H,29,30)(H,25,26,27)/t13-,14-/m0/s1. The van der Waals surface area contributed by atoms with Crippen molar-refractivity contribution in [2.24, 2.45) is 13.0 Å². The van der Waals surface area contributed by atoms with Gasteiger partial charge in [-0.25, -0.2) is 15.0 Å². The van der Waals surface area contributed by atoms with E-state index in [0.717, 1.165) is 42.9 Å². The van der Waals surface area contributed by atoms with Crippen LogP contribution in [0.2, 0.25) is 0 Å². The number of hydrogen-bond donors (Lipinski definition) is 2. The average molecular weight is 458 g/mol. The number of carboxylic acids is 1. The molecule has 1 fully saturated rings. The number of nitrogens with zero attached hydrogens (tertiary/aromatic N) is 6. The summed E-state index contributed by atoms with van der Waals surface area (Å²) in [5, 5.41) is 17.6. The molecule has 2 N–H and O–H groups in total. The Labute approximate surface area is 190 Å². The molecule has 0 spiro atoms. The molecule has 11 heteroatoms. The minimum Gasteiger partial charge on any atom is -0.487 e. The highest BCUT2D eigenvalue weighted by atomic mass is 32.1. The third kappa shape index (κ3) is 4.87. The van der Waals surface area contributed by atoms with Gasteiger partial charge in [-0.05, 0) is 39.0 Å². The number of aryl methyl sites for hydroxylation is 3. The fourth-order valence-corrected chi connectivity index (χ4v) is 4.45. The van der Waals surface area contributed by atoms with Crippen molar-refractivity contribution in [3.8, 4) is 17.1 Å². The highest BCUT2D eigenvalue weighted by Crippen LogP contribution is 2.32. The molecule has 0 saturated heterocycles. The van der Waals surface area contributed by atoms with E-state index in [1.807, 2.05) is 14.0 Å². The summed E-state index contributed by atoms with van der Waals surface area (Å²) in [7, 11) is 1.84. The molecule has 0 aliphatic heterocycles. The lowest BCUT2D eigenvalue weighted by atomic mass is 9.87. The molecule has 0 aromatic carbocycles. The molecule has 1 saturated carbocycles. The zero-order valence-corrected chi connectivity index (χ0v) is 19.2. The van der Waals surface area contributed by atoms with Gasteiger partial charge in [0.15, 0.2) is 11.6 Å². The van der Waals surface area contributed by atoms with Crippen LogP contribution in [0.5, 0.6) is 5.75 Å². The zero-order valence-electron chi connectivity index (χ0n) is 18.4. The summed E-state index contributed by atoms with van der Waals surface area (Å²) in [5.74, 6) is 1.55. The largest absolute Gasteiger partial charge is 0.487 e. The van der Waals surface area contributed by atoms with Crippen molar-refractivity contribution in [3.05, 3.63) is 23.9 Å². The van der Waals surface area contributed by atoms with Gasteiger partial charge in [0.05, 0.1) is 35.7 Å². The molecule has 1 aliphatic rings. The molecule has 4 rings (SSSR count). The van der Waals surface area contributed by atoms with Crippen molar-refractivity contribution < 1.29 is 14.6 Å². The van der Waals surface area contributed by atoms with Crippen LogP contribution in [0, 0.1) is 12.8 Å². The summed E-state index contributed by atoms with van der Waals surface area (Å²) < 4.78 is 12.2. The third-order valence-electron chi connectivity index (χ3n) is 5.55. The summed E-state index contributed by atoms with van der Waals surface area (Å²) in [5.41, 5.74) is 1.45. The summed E-state index contributed by atoms with van der Waals surface area (Å²) in [6, 6.07) is 0. The fraction of sp³-hybridized carbons (Fsp3) is 0.524. The molecule has 0 amide bonds. The summed E-state index contributed by atoms with van der Waals surface area (Å²) in [4.78, 5) is 25.0. The van der Waals surface area contributed by atoms with Crippen LogP contribution in [0.4, 0.5) is 10.9 Å². The number of anilines is 2. The first kappa shape index (κ1) is 22.1. The lowest BCUT2D eigenvalue weighted by Gasteiger charge is -2.27. The first-order valence-corrected chi connectivity index (χ1v) is 11.6. The van der Waals surface area contributed by atoms with Gasteiger partial charge in [-0.1, -0.05) is 6.92 Å². The minimum absolute atomic E-state index is 0.136. The maximum Gasteiger partial charge on any atom is 0.306 e. The molecule has 0 radical (unpaired) electrons. The molecule has 0 bridgehead atoms. The van der Waals surface area contributed by atoms with E-state index in [1.165, 1.54) is 11.5 Å². The first-order chi connectivity index (χ1) is 15.4. The highest BCUT2D eigenvalue weighted by Gasteiger charge is 2.28. The number of nitrogens with one attached hydrogen (secondary N) is 1. The van der Waals surface area contributed by atoms with E-state index in [4.69, 9.17) is 4.74 Å². The van der Waals surface area contributed by atoms with E-state index in [2.05, 4.69) is 36.7 Å². The van der Waals surface area contributed by atoms with Crippen LogP contribution in [0.3, 0.4) is 0 Å². The zero-order chi connectivity index (χ0) is 22.7. The SMILES string of the molecule is CCCc1nsc(Nc2c(-c3ncc(O[C@H]4CCC[C@H](C(=O)O)C4)c(C)n3)cnn2C)n1. The molecule has 1 aliphatic carbocycles. The van der Waals surface area contributed by atoms with Crippen molar-refractivity contribution in [3.63, 3.8) is 0 Å². The Bertz CT molecular complexity index is 1100. The molecule has 3 aromatic heterocycles. The average Bonchev–Trinajstić information content (AvgIpc) is 3.37. The molecule has 10 nitrogen and oxygen atoms in total. The van der Waals surface area contributed by atoms with Gasteiger partial charge in [0.25, 0.3) is 0 Å².